The Morgan fingerprint density at radius 2 is 2.07 bits per heavy atom. The number of rotatable bonds is 6. The summed E-state index contributed by atoms with van der Waals surface area (Å²) >= 11 is 0. The molecule has 1 spiro atoms. The smallest absolute Gasteiger partial charge is 0.230 e. The van der Waals surface area contributed by atoms with E-state index >= 15 is 0 Å². The van der Waals surface area contributed by atoms with E-state index < -0.39 is 5.60 Å². The standard InChI is InChI=1S/C22H31N3O2/c1-5-15(6-2)25-18-12-14(21(3,4)27)8-9-17(18)23-20(25)24-19(26)16-13-22(16)10-7-11-22/h8-9,12,15-16,27H,5-7,10-11,13H2,1-4H3,(H,23,24,26). The van der Waals surface area contributed by atoms with Crippen LogP contribution in [0.15, 0.2) is 18.2 Å². The molecular weight excluding hydrogens is 338 g/mol. The first-order valence-electron chi connectivity index (χ1n) is 10.3. The second-order valence-electron chi connectivity index (χ2n) is 9.00. The van der Waals surface area contributed by atoms with Crippen molar-refractivity contribution in [2.75, 3.05) is 5.32 Å². The van der Waals surface area contributed by atoms with Crippen molar-refractivity contribution in [3.05, 3.63) is 23.8 Å². The van der Waals surface area contributed by atoms with Crippen LogP contribution in [-0.4, -0.2) is 20.6 Å². The van der Waals surface area contributed by atoms with Gasteiger partial charge in [-0.2, -0.15) is 0 Å². The number of hydrogen-bond acceptors (Lipinski definition) is 3. The molecule has 1 unspecified atom stereocenters. The van der Waals surface area contributed by atoms with Gasteiger partial charge in [0, 0.05) is 12.0 Å². The van der Waals surface area contributed by atoms with Crippen molar-refractivity contribution in [3.63, 3.8) is 0 Å². The lowest BCUT2D eigenvalue weighted by molar-refractivity contribution is -0.118. The van der Waals surface area contributed by atoms with Crippen molar-refractivity contribution in [2.45, 2.75) is 77.9 Å². The predicted octanol–water partition coefficient (Wildman–Crippen LogP) is 4.75. The topological polar surface area (TPSA) is 67.2 Å². The summed E-state index contributed by atoms with van der Waals surface area (Å²) in [4.78, 5) is 17.6. The Balaban J connectivity index is 1.72. The highest BCUT2D eigenvalue weighted by atomic mass is 16.3. The van der Waals surface area contributed by atoms with Crippen LogP contribution in [0.3, 0.4) is 0 Å². The van der Waals surface area contributed by atoms with Gasteiger partial charge in [-0.3, -0.25) is 10.1 Å². The van der Waals surface area contributed by atoms with Gasteiger partial charge in [0.25, 0.3) is 0 Å². The third kappa shape index (κ3) is 3.06. The maximum absolute atomic E-state index is 12.8. The van der Waals surface area contributed by atoms with E-state index in [-0.39, 0.29) is 17.9 Å². The largest absolute Gasteiger partial charge is 0.386 e. The number of fused-ring (bicyclic) bond motifs is 1. The van der Waals surface area contributed by atoms with Gasteiger partial charge in [-0.1, -0.05) is 26.3 Å². The minimum Gasteiger partial charge on any atom is -0.386 e. The van der Waals surface area contributed by atoms with E-state index in [2.05, 4.69) is 23.7 Å². The maximum Gasteiger partial charge on any atom is 0.230 e. The van der Waals surface area contributed by atoms with Crippen LogP contribution in [0.5, 0.6) is 0 Å². The molecule has 1 aromatic heterocycles. The average Bonchev–Trinajstić information content (AvgIpc) is 3.27. The number of hydrogen-bond donors (Lipinski definition) is 2. The van der Waals surface area contributed by atoms with E-state index in [0.29, 0.717) is 11.4 Å². The van der Waals surface area contributed by atoms with E-state index in [4.69, 9.17) is 4.98 Å². The molecule has 2 saturated carbocycles. The molecule has 1 atom stereocenters. The molecule has 1 heterocycles. The fourth-order valence-corrected chi connectivity index (χ4v) is 4.68. The summed E-state index contributed by atoms with van der Waals surface area (Å²) in [7, 11) is 0. The number of nitrogens with one attached hydrogen (secondary N) is 1. The van der Waals surface area contributed by atoms with E-state index in [1.54, 1.807) is 13.8 Å². The minimum atomic E-state index is -0.911. The fourth-order valence-electron chi connectivity index (χ4n) is 4.68. The van der Waals surface area contributed by atoms with Crippen molar-refractivity contribution in [2.24, 2.45) is 11.3 Å². The molecule has 0 saturated heterocycles. The van der Waals surface area contributed by atoms with Gasteiger partial charge < -0.3 is 9.67 Å². The van der Waals surface area contributed by atoms with Gasteiger partial charge in [0.05, 0.1) is 16.6 Å². The molecule has 2 aliphatic carbocycles. The van der Waals surface area contributed by atoms with E-state index in [1.165, 1.54) is 19.3 Å². The highest BCUT2D eigenvalue weighted by Gasteiger charge is 2.61. The van der Waals surface area contributed by atoms with Crippen LogP contribution in [-0.2, 0) is 10.4 Å². The highest BCUT2D eigenvalue weighted by molar-refractivity contribution is 5.95. The fraction of sp³-hybridized carbons (Fsp3) is 0.636. The zero-order valence-electron chi connectivity index (χ0n) is 16.9. The third-order valence-corrected chi connectivity index (χ3v) is 6.79. The molecule has 27 heavy (non-hydrogen) atoms. The Hall–Kier alpha value is -1.88. The first kappa shape index (κ1) is 18.5. The maximum atomic E-state index is 12.8. The highest BCUT2D eigenvalue weighted by Crippen LogP contribution is 2.65. The number of amides is 1. The van der Waals surface area contributed by atoms with Crippen LogP contribution in [0.25, 0.3) is 11.0 Å². The van der Waals surface area contributed by atoms with Gasteiger partial charge in [0.2, 0.25) is 11.9 Å². The second-order valence-corrected chi connectivity index (χ2v) is 9.00. The number of carbonyl (C=O) groups is 1. The normalized spacial score (nSPS) is 20.9. The number of benzene rings is 1. The molecule has 2 fully saturated rings. The van der Waals surface area contributed by atoms with Crippen molar-refractivity contribution in [1.29, 1.82) is 0 Å². The van der Waals surface area contributed by atoms with Gasteiger partial charge in [0.1, 0.15) is 0 Å². The molecule has 0 radical (unpaired) electrons. The number of carbonyl (C=O) groups excluding carboxylic acids is 1. The van der Waals surface area contributed by atoms with Crippen molar-refractivity contribution < 1.29 is 9.90 Å². The summed E-state index contributed by atoms with van der Waals surface area (Å²) < 4.78 is 2.16. The molecular formula is C22H31N3O2. The van der Waals surface area contributed by atoms with Gasteiger partial charge in [-0.25, -0.2) is 4.98 Å². The van der Waals surface area contributed by atoms with Gasteiger partial charge >= 0.3 is 0 Å². The van der Waals surface area contributed by atoms with Crippen molar-refractivity contribution >= 4 is 22.9 Å². The molecule has 1 amide bonds. The molecule has 4 rings (SSSR count). The summed E-state index contributed by atoms with van der Waals surface area (Å²) in [6.07, 6.45) is 6.62. The van der Waals surface area contributed by atoms with Crippen LogP contribution in [0.2, 0.25) is 0 Å². The van der Waals surface area contributed by atoms with E-state index in [1.807, 2.05) is 18.2 Å². The van der Waals surface area contributed by atoms with Crippen LogP contribution < -0.4 is 5.32 Å². The lowest BCUT2D eigenvalue weighted by Crippen LogP contribution is -2.25. The molecule has 0 aliphatic heterocycles. The quantitative estimate of drug-likeness (QED) is 0.772. The summed E-state index contributed by atoms with van der Waals surface area (Å²) in [5, 5.41) is 13.6. The number of imidazole rings is 1. The molecule has 1 aromatic carbocycles. The Labute approximate surface area is 161 Å². The van der Waals surface area contributed by atoms with Gasteiger partial charge in [0.15, 0.2) is 0 Å². The summed E-state index contributed by atoms with van der Waals surface area (Å²) in [6, 6.07) is 6.14. The van der Waals surface area contributed by atoms with E-state index in [0.717, 1.165) is 35.9 Å². The second kappa shape index (κ2) is 6.33. The third-order valence-electron chi connectivity index (χ3n) is 6.79. The SMILES string of the molecule is CCC(CC)n1c(NC(=O)C2CC23CCC3)nc2ccc(C(C)(C)O)cc21. The Kier molecular flexibility index (Phi) is 4.34. The Bertz CT molecular complexity index is 870. The molecule has 2 aliphatic rings. The molecule has 2 aromatic rings. The van der Waals surface area contributed by atoms with Crippen molar-refractivity contribution in [3.8, 4) is 0 Å². The first-order valence-corrected chi connectivity index (χ1v) is 10.3. The average molecular weight is 370 g/mol. The minimum absolute atomic E-state index is 0.125. The zero-order valence-corrected chi connectivity index (χ0v) is 16.9. The van der Waals surface area contributed by atoms with Crippen molar-refractivity contribution in [1.82, 2.24) is 9.55 Å². The monoisotopic (exact) mass is 369 g/mol. The van der Waals surface area contributed by atoms with Crippen LogP contribution in [0, 0.1) is 11.3 Å². The molecule has 5 heteroatoms. The Morgan fingerprint density at radius 1 is 1.37 bits per heavy atom. The Morgan fingerprint density at radius 3 is 2.59 bits per heavy atom. The predicted molar refractivity (Wildman–Crippen MR) is 108 cm³/mol. The summed E-state index contributed by atoms with van der Waals surface area (Å²) in [6.45, 7) is 7.91. The lowest BCUT2D eigenvalue weighted by Gasteiger charge is -2.26. The van der Waals surface area contributed by atoms with Gasteiger partial charge in [-0.15, -0.1) is 0 Å². The molecule has 0 bridgehead atoms. The van der Waals surface area contributed by atoms with Crippen LogP contribution >= 0.6 is 0 Å². The van der Waals surface area contributed by atoms with Crippen LogP contribution in [0.1, 0.15) is 77.8 Å². The zero-order chi connectivity index (χ0) is 19.4. The first-order chi connectivity index (χ1) is 12.8. The molecule has 146 valence electrons. The van der Waals surface area contributed by atoms with Gasteiger partial charge in [-0.05, 0) is 69.1 Å². The summed E-state index contributed by atoms with van der Waals surface area (Å²) in [5.41, 5.74) is 2.09. The molecule has 2 N–H and O–H groups in total. The number of aromatic nitrogens is 2. The number of aliphatic hydroxyl groups is 1. The van der Waals surface area contributed by atoms with E-state index in [9.17, 15) is 9.90 Å². The lowest BCUT2D eigenvalue weighted by atomic mass is 9.80. The number of nitrogens with zero attached hydrogens (tertiary/aromatic N) is 2. The number of anilines is 1. The van der Waals surface area contributed by atoms with Crippen LogP contribution in [0.4, 0.5) is 5.95 Å². The summed E-state index contributed by atoms with van der Waals surface area (Å²) in [5.74, 6) is 0.936. The molecule has 5 nitrogen and oxygen atoms in total.